The minimum absolute atomic E-state index is 0.0137. The second kappa shape index (κ2) is 5.37. The van der Waals surface area contributed by atoms with E-state index in [0.717, 1.165) is 34.5 Å². The molecule has 2 amide bonds. The molecule has 6 nitrogen and oxygen atoms in total. The minimum atomic E-state index is -0.181. The minimum Gasteiger partial charge on any atom is -0.488 e. The van der Waals surface area contributed by atoms with Gasteiger partial charge in [-0.15, -0.1) is 0 Å². The summed E-state index contributed by atoms with van der Waals surface area (Å²) in [6.45, 7) is 2.43. The average Bonchev–Trinajstić information content (AvgIpc) is 2.88. The molecule has 0 saturated carbocycles. The molecule has 1 aromatic carbocycles. The molecule has 0 aliphatic carbocycles. The third kappa shape index (κ3) is 2.58. The largest absolute Gasteiger partial charge is 0.488 e. The standard InChI is InChI=1S/C15H19N3O3/c1-8-4-9-5-10(7-17-13(20)6-16)21-15(9)11-2-3-12(19)18-14(8)11/h4,10H,2-3,5-7,16H2,1H3,(H,17,20)(H,18,19). The fraction of sp³-hybridized carbons (Fsp3) is 0.467. The van der Waals surface area contributed by atoms with E-state index >= 15 is 0 Å². The molecule has 1 aromatic rings. The first-order valence-corrected chi connectivity index (χ1v) is 7.17. The van der Waals surface area contributed by atoms with Crippen LogP contribution in [-0.2, 0) is 22.4 Å². The summed E-state index contributed by atoms with van der Waals surface area (Å²) >= 11 is 0. The molecule has 0 spiro atoms. The summed E-state index contributed by atoms with van der Waals surface area (Å²) in [5.41, 5.74) is 9.45. The van der Waals surface area contributed by atoms with Gasteiger partial charge in [0.1, 0.15) is 11.9 Å². The first-order valence-electron chi connectivity index (χ1n) is 7.17. The third-order valence-electron chi connectivity index (χ3n) is 3.96. The van der Waals surface area contributed by atoms with Gasteiger partial charge in [0.15, 0.2) is 0 Å². The van der Waals surface area contributed by atoms with Crippen molar-refractivity contribution in [2.75, 3.05) is 18.4 Å². The van der Waals surface area contributed by atoms with Crippen molar-refractivity contribution >= 4 is 17.5 Å². The van der Waals surface area contributed by atoms with Crippen molar-refractivity contribution in [1.82, 2.24) is 5.32 Å². The lowest BCUT2D eigenvalue weighted by Crippen LogP contribution is -2.37. The van der Waals surface area contributed by atoms with Crippen molar-refractivity contribution in [3.63, 3.8) is 0 Å². The van der Waals surface area contributed by atoms with E-state index in [1.54, 1.807) is 0 Å². The van der Waals surface area contributed by atoms with E-state index in [2.05, 4.69) is 16.7 Å². The number of hydrogen-bond acceptors (Lipinski definition) is 4. The molecule has 0 aromatic heterocycles. The van der Waals surface area contributed by atoms with Crippen LogP contribution in [-0.4, -0.2) is 31.0 Å². The molecule has 0 radical (unpaired) electrons. The van der Waals surface area contributed by atoms with Crippen LogP contribution < -0.4 is 21.1 Å². The second-order valence-electron chi connectivity index (χ2n) is 5.54. The van der Waals surface area contributed by atoms with Gasteiger partial charge in [-0.25, -0.2) is 0 Å². The third-order valence-corrected chi connectivity index (χ3v) is 3.96. The van der Waals surface area contributed by atoms with Gasteiger partial charge in [-0.3, -0.25) is 9.59 Å². The molecule has 2 aliphatic heterocycles. The molecule has 3 rings (SSSR count). The Morgan fingerprint density at radius 2 is 2.33 bits per heavy atom. The number of fused-ring (bicyclic) bond motifs is 3. The summed E-state index contributed by atoms with van der Waals surface area (Å²) in [6, 6.07) is 2.06. The van der Waals surface area contributed by atoms with Crippen LogP contribution in [0.4, 0.5) is 5.69 Å². The number of nitrogens with two attached hydrogens (primary N) is 1. The summed E-state index contributed by atoms with van der Waals surface area (Å²) in [5.74, 6) is 0.748. The molecule has 0 bridgehead atoms. The fourth-order valence-corrected chi connectivity index (χ4v) is 2.96. The van der Waals surface area contributed by atoms with Gasteiger partial charge in [0.25, 0.3) is 0 Å². The molecule has 1 unspecified atom stereocenters. The van der Waals surface area contributed by atoms with Gasteiger partial charge in [0.05, 0.1) is 18.8 Å². The maximum Gasteiger partial charge on any atom is 0.233 e. The Balaban J connectivity index is 1.80. The van der Waals surface area contributed by atoms with Crippen LogP contribution >= 0.6 is 0 Å². The van der Waals surface area contributed by atoms with Gasteiger partial charge < -0.3 is 21.1 Å². The van der Waals surface area contributed by atoms with Crippen molar-refractivity contribution < 1.29 is 14.3 Å². The SMILES string of the molecule is Cc1cc2c(c3c1NC(=O)CC3)OC(CNC(=O)CN)C2. The van der Waals surface area contributed by atoms with E-state index in [9.17, 15) is 9.59 Å². The molecule has 0 saturated heterocycles. The highest BCUT2D eigenvalue weighted by Gasteiger charge is 2.30. The predicted molar refractivity (Wildman–Crippen MR) is 78.3 cm³/mol. The van der Waals surface area contributed by atoms with Crippen molar-refractivity contribution in [1.29, 1.82) is 0 Å². The van der Waals surface area contributed by atoms with Crippen LogP contribution in [0.1, 0.15) is 23.1 Å². The average molecular weight is 289 g/mol. The maximum absolute atomic E-state index is 11.5. The van der Waals surface area contributed by atoms with E-state index in [1.807, 2.05) is 6.92 Å². The van der Waals surface area contributed by atoms with Crippen molar-refractivity contribution in [2.24, 2.45) is 5.73 Å². The number of ether oxygens (including phenoxy) is 1. The van der Waals surface area contributed by atoms with E-state index in [0.29, 0.717) is 19.4 Å². The van der Waals surface area contributed by atoms with E-state index in [1.165, 1.54) is 0 Å². The Labute approximate surface area is 123 Å². The van der Waals surface area contributed by atoms with Crippen LogP contribution in [0.15, 0.2) is 6.07 Å². The van der Waals surface area contributed by atoms with Gasteiger partial charge in [-0.05, 0) is 24.5 Å². The van der Waals surface area contributed by atoms with Gasteiger partial charge in [-0.2, -0.15) is 0 Å². The second-order valence-corrected chi connectivity index (χ2v) is 5.54. The molecular weight excluding hydrogens is 270 g/mol. The highest BCUT2D eigenvalue weighted by atomic mass is 16.5. The van der Waals surface area contributed by atoms with Crippen LogP contribution in [0.2, 0.25) is 0 Å². The molecule has 2 aliphatic rings. The topological polar surface area (TPSA) is 93.5 Å². The smallest absolute Gasteiger partial charge is 0.233 e. The van der Waals surface area contributed by atoms with Gasteiger partial charge in [0, 0.05) is 18.4 Å². The van der Waals surface area contributed by atoms with E-state index < -0.39 is 0 Å². The molecule has 4 N–H and O–H groups in total. The van der Waals surface area contributed by atoms with Crippen molar-refractivity contribution in [3.05, 3.63) is 22.8 Å². The molecule has 21 heavy (non-hydrogen) atoms. The zero-order valence-corrected chi connectivity index (χ0v) is 12.0. The maximum atomic E-state index is 11.5. The Morgan fingerprint density at radius 3 is 3.10 bits per heavy atom. The van der Waals surface area contributed by atoms with E-state index in [-0.39, 0.29) is 24.5 Å². The van der Waals surface area contributed by atoms with Crippen LogP contribution in [0.25, 0.3) is 0 Å². The molecule has 1 atom stereocenters. The van der Waals surface area contributed by atoms with Crippen LogP contribution in [0.5, 0.6) is 5.75 Å². The Hall–Kier alpha value is -2.08. The zero-order valence-electron chi connectivity index (χ0n) is 12.0. The number of benzene rings is 1. The number of hydrogen-bond donors (Lipinski definition) is 3. The number of rotatable bonds is 3. The van der Waals surface area contributed by atoms with Gasteiger partial charge >= 0.3 is 0 Å². The highest BCUT2D eigenvalue weighted by molar-refractivity contribution is 5.95. The van der Waals surface area contributed by atoms with Gasteiger partial charge in [-0.1, -0.05) is 6.07 Å². The number of aryl methyl sites for hydroxylation is 1. The zero-order chi connectivity index (χ0) is 15.0. The number of amides is 2. The Morgan fingerprint density at radius 1 is 1.52 bits per heavy atom. The number of carbonyl (C=O) groups is 2. The molecule has 2 heterocycles. The summed E-state index contributed by atoms with van der Waals surface area (Å²) in [6.07, 6.45) is 1.88. The quantitative estimate of drug-likeness (QED) is 0.744. The predicted octanol–water partition coefficient (Wildman–Crippen LogP) is 0.258. The molecule has 6 heteroatoms. The van der Waals surface area contributed by atoms with E-state index in [4.69, 9.17) is 10.5 Å². The first kappa shape index (κ1) is 13.9. The number of anilines is 1. The highest BCUT2D eigenvalue weighted by Crippen LogP contribution is 2.41. The van der Waals surface area contributed by atoms with Gasteiger partial charge in [0.2, 0.25) is 11.8 Å². The summed E-state index contributed by atoms with van der Waals surface area (Å²) in [7, 11) is 0. The molecular formula is C15H19N3O3. The summed E-state index contributed by atoms with van der Waals surface area (Å²) in [4.78, 5) is 22.8. The lowest BCUT2D eigenvalue weighted by molar-refractivity contribution is -0.120. The monoisotopic (exact) mass is 289 g/mol. The normalized spacial score (nSPS) is 19.3. The first-order chi connectivity index (χ1) is 10.1. The van der Waals surface area contributed by atoms with Crippen LogP contribution in [0, 0.1) is 6.92 Å². The summed E-state index contributed by atoms with van der Waals surface area (Å²) in [5, 5.41) is 5.68. The lowest BCUT2D eigenvalue weighted by atomic mass is 9.94. The van der Waals surface area contributed by atoms with Crippen molar-refractivity contribution in [2.45, 2.75) is 32.3 Å². The Bertz CT molecular complexity index is 613. The fourth-order valence-electron chi connectivity index (χ4n) is 2.96. The van der Waals surface area contributed by atoms with Crippen molar-refractivity contribution in [3.8, 4) is 5.75 Å². The number of nitrogens with one attached hydrogen (secondary N) is 2. The summed E-state index contributed by atoms with van der Waals surface area (Å²) < 4.78 is 5.98. The number of carbonyl (C=O) groups excluding carboxylic acids is 2. The molecule has 112 valence electrons. The Kier molecular flexibility index (Phi) is 3.55. The molecule has 0 fully saturated rings. The van der Waals surface area contributed by atoms with Crippen LogP contribution in [0.3, 0.4) is 0 Å². The lowest BCUT2D eigenvalue weighted by Gasteiger charge is -2.22.